The van der Waals surface area contributed by atoms with Crippen molar-refractivity contribution in [2.24, 2.45) is 0 Å². The number of ether oxygens (including phenoxy) is 1. The van der Waals surface area contributed by atoms with Gasteiger partial charge in [0.05, 0.1) is 13.2 Å². The summed E-state index contributed by atoms with van der Waals surface area (Å²) in [5, 5.41) is 7.11. The van der Waals surface area contributed by atoms with Gasteiger partial charge in [-0.25, -0.2) is 0 Å². The van der Waals surface area contributed by atoms with Crippen molar-refractivity contribution >= 4 is 23.0 Å². The molecule has 0 aliphatic heterocycles. The molecule has 0 radical (unpaired) electrons. The molecule has 0 saturated carbocycles. The van der Waals surface area contributed by atoms with E-state index in [-0.39, 0.29) is 6.04 Å². The van der Waals surface area contributed by atoms with E-state index in [1.54, 1.807) is 7.11 Å². The molecule has 1 atom stereocenters. The van der Waals surface area contributed by atoms with Crippen LogP contribution in [-0.4, -0.2) is 12.2 Å². The van der Waals surface area contributed by atoms with Crippen molar-refractivity contribution in [3.8, 4) is 5.75 Å². The molecule has 2 rings (SSSR count). The Kier molecular flexibility index (Phi) is 5.39. The number of hydrogen-bond acceptors (Lipinski definition) is 2. The minimum atomic E-state index is 0.145. The summed E-state index contributed by atoms with van der Waals surface area (Å²) in [6, 6.07) is 14.3. The van der Waals surface area contributed by atoms with Crippen LogP contribution >= 0.6 is 12.2 Å². The molecular formula is C18H22N2OS. The van der Waals surface area contributed by atoms with Crippen LogP contribution in [0.5, 0.6) is 5.75 Å². The predicted octanol–water partition coefficient (Wildman–Crippen LogP) is 4.36. The summed E-state index contributed by atoms with van der Waals surface area (Å²) in [5.74, 6) is 0.801. The topological polar surface area (TPSA) is 33.3 Å². The second-order valence-electron chi connectivity index (χ2n) is 5.41. The molecule has 3 nitrogen and oxygen atoms in total. The van der Waals surface area contributed by atoms with Gasteiger partial charge in [0, 0.05) is 11.8 Å². The fraction of sp³-hybridized carbons (Fsp3) is 0.278. The summed E-state index contributed by atoms with van der Waals surface area (Å²) in [7, 11) is 1.65. The van der Waals surface area contributed by atoms with Crippen LogP contribution in [0.15, 0.2) is 42.5 Å². The molecule has 2 aromatic rings. The maximum Gasteiger partial charge on any atom is 0.171 e. The van der Waals surface area contributed by atoms with Crippen LogP contribution in [0.4, 0.5) is 5.69 Å². The number of hydrogen-bond donors (Lipinski definition) is 2. The van der Waals surface area contributed by atoms with Crippen molar-refractivity contribution in [3.63, 3.8) is 0 Å². The smallest absolute Gasteiger partial charge is 0.171 e. The van der Waals surface area contributed by atoms with Crippen LogP contribution in [0.2, 0.25) is 0 Å². The van der Waals surface area contributed by atoms with Crippen LogP contribution in [0, 0.1) is 13.8 Å². The van der Waals surface area contributed by atoms with E-state index in [9.17, 15) is 0 Å². The fourth-order valence-corrected chi connectivity index (χ4v) is 2.75. The monoisotopic (exact) mass is 314 g/mol. The molecule has 2 N–H and O–H groups in total. The van der Waals surface area contributed by atoms with Crippen LogP contribution in [0.25, 0.3) is 0 Å². The van der Waals surface area contributed by atoms with Gasteiger partial charge in [0.2, 0.25) is 0 Å². The number of thiocarbonyl (C=S) groups is 1. The van der Waals surface area contributed by atoms with Gasteiger partial charge >= 0.3 is 0 Å². The normalized spacial score (nSPS) is 11.6. The maximum absolute atomic E-state index is 5.40. The first-order chi connectivity index (χ1) is 10.5. The number of nitrogens with one attached hydrogen (secondary N) is 2. The van der Waals surface area contributed by atoms with E-state index in [4.69, 9.17) is 17.0 Å². The first kappa shape index (κ1) is 16.3. The molecule has 4 heteroatoms. The minimum Gasteiger partial charge on any atom is -0.497 e. The quantitative estimate of drug-likeness (QED) is 0.822. The largest absolute Gasteiger partial charge is 0.497 e. The third-order valence-electron chi connectivity index (χ3n) is 3.57. The average Bonchev–Trinajstić information content (AvgIpc) is 2.47. The van der Waals surface area contributed by atoms with Crippen LogP contribution in [-0.2, 0) is 0 Å². The van der Waals surface area contributed by atoms with Gasteiger partial charge in [-0.2, -0.15) is 0 Å². The molecule has 0 fully saturated rings. The molecule has 0 spiro atoms. The average molecular weight is 314 g/mol. The third kappa shape index (κ3) is 4.21. The number of benzene rings is 2. The zero-order chi connectivity index (χ0) is 16.1. The molecule has 0 aliphatic rings. The van der Waals surface area contributed by atoms with Crippen molar-refractivity contribution in [2.75, 3.05) is 12.4 Å². The first-order valence-corrected chi connectivity index (χ1v) is 7.69. The summed E-state index contributed by atoms with van der Waals surface area (Å²) < 4.78 is 5.21. The van der Waals surface area contributed by atoms with Crippen LogP contribution in [0.1, 0.15) is 29.7 Å². The van der Waals surface area contributed by atoms with Gasteiger partial charge in [-0.1, -0.05) is 29.8 Å². The van der Waals surface area contributed by atoms with E-state index >= 15 is 0 Å². The summed E-state index contributed by atoms with van der Waals surface area (Å²) in [6.07, 6.45) is 0. The van der Waals surface area contributed by atoms with E-state index in [1.807, 2.05) is 24.3 Å². The molecule has 0 aliphatic carbocycles. The lowest BCUT2D eigenvalue weighted by atomic mass is 10.0. The second-order valence-corrected chi connectivity index (χ2v) is 5.82. The van der Waals surface area contributed by atoms with Crippen molar-refractivity contribution in [2.45, 2.75) is 26.8 Å². The summed E-state index contributed by atoms with van der Waals surface area (Å²) in [4.78, 5) is 0. The molecule has 0 unspecified atom stereocenters. The molecule has 0 heterocycles. The van der Waals surface area contributed by atoms with Gasteiger partial charge in [0.15, 0.2) is 5.11 Å². The molecule has 0 aromatic heterocycles. The number of methoxy groups -OCH3 is 1. The Morgan fingerprint density at radius 1 is 1.14 bits per heavy atom. The van der Waals surface area contributed by atoms with Crippen LogP contribution < -0.4 is 15.4 Å². The Hall–Kier alpha value is -2.07. The second kappa shape index (κ2) is 7.27. The van der Waals surface area contributed by atoms with Gasteiger partial charge in [0.25, 0.3) is 0 Å². The third-order valence-corrected chi connectivity index (χ3v) is 3.79. The number of anilines is 1. The van der Waals surface area contributed by atoms with Gasteiger partial charge in [0.1, 0.15) is 5.75 Å². The maximum atomic E-state index is 5.40. The van der Waals surface area contributed by atoms with Gasteiger partial charge < -0.3 is 15.4 Å². The van der Waals surface area contributed by atoms with Gasteiger partial charge in [-0.05, 0) is 56.2 Å². The highest BCUT2D eigenvalue weighted by molar-refractivity contribution is 7.80. The lowest BCUT2D eigenvalue weighted by molar-refractivity contribution is 0.415. The van der Waals surface area contributed by atoms with E-state index < -0.39 is 0 Å². The Morgan fingerprint density at radius 3 is 2.59 bits per heavy atom. The zero-order valence-corrected chi connectivity index (χ0v) is 14.3. The van der Waals surface area contributed by atoms with E-state index in [1.165, 1.54) is 16.7 Å². The predicted molar refractivity (Wildman–Crippen MR) is 96.7 cm³/mol. The molecular weight excluding hydrogens is 292 g/mol. The van der Waals surface area contributed by atoms with E-state index in [0.717, 1.165) is 11.4 Å². The molecule has 0 bridgehead atoms. The Bertz CT molecular complexity index is 670. The van der Waals surface area contributed by atoms with Gasteiger partial charge in [-0.3, -0.25) is 0 Å². The molecule has 0 amide bonds. The van der Waals surface area contributed by atoms with Crippen LogP contribution in [0.3, 0.4) is 0 Å². The standard InChI is InChI=1S/C18H22N2OS/c1-12-8-9-17(13(2)10-12)14(3)19-18(22)20-15-6-5-7-16(11-15)21-4/h5-11,14H,1-4H3,(H2,19,20,22)/t14-/m0/s1. The Balaban J connectivity index is 2.01. The Morgan fingerprint density at radius 2 is 1.91 bits per heavy atom. The van der Waals surface area contributed by atoms with E-state index in [0.29, 0.717) is 5.11 Å². The SMILES string of the molecule is COc1cccc(NC(=S)N[C@@H](C)c2ccc(C)cc2C)c1. The van der Waals surface area contributed by atoms with Gasteiger partial charge in [-0.15, -0.1) is 0 Å². The molecule has 2 aromatic carbocycles. The lowest BCUT2D eigenvalue weighted by Gasteiger charge is -2.19. The highest BCUT2D eigenvalue weighted by Gasteiger charge is 2.10. The van der Waals surface area contributed by atoms with Crippen molar-refractivity contribution < 1.29 is 4.74 Å². The molecule has 0 saturated heterocycles. The highest BCUT2D eigenvalue weighted by Crippen LogP contribution is 2.20. The lowest BCUT2D eigenvalue weighted by Crippen LogP contribution is -2.31. The van der Waals surface area contributed by atoms with E-state index in [2.05, 4.69) is 49.6 Å². The van der Waals surface area contributed by atoms with Crippen molar-refractivity contribution in [1.82, 2.24) is 5.32 Å². The van der Waals surface area contributed by atoms with Crippen molar-refractivity contribution in [1.29, 1.82) is 0 Å². The number of aryl methyl sites for hydroxylation is 2. The first-order valence-electron chi connectivity index (χ1n) is 7.28. The molecule has 22 heavy (non-hydrogen) atoms. The summed E-state index contributed by atoms with van der Waals surface area (Å²) in [5.41, 5.74) is 4.69. The molecule has 116 valence electrons. The van der Waals surface area contributed by atoms with Crippen molar-refractivity contribution in [3.05, 3.63) is 59.2 Å². The minimum absolute atomic E-state index is 0.145. The number of rotatable bonds is 4. The Labute approximate surface area is 137 Å². The summed E-state index contributed by atoms with van der Waals surface area (Å²) >= 11 is 5.40. The zero-order valence-electron chi connectivity index (χ0n) is 13.4. The summed E-state index contributed by atoms with van der Waals surface area (Å²) in [6.45, 7) is 6.33. The fourth-order valence-electron chi connectivity index (χ4n) is 2.45. The highest BCUT2D eigenvalue weighted by atomic mass is 32.1.